The number of fused-ring (bicyclic) bond motifs is 1. The van der Waals surface area contributed by atoms with Gasteiger partial charge in [-0.05, 0) is 36.4 Å². The van der Waals surface area contributed by atoms with Crippen LogP contribution in [0.5, 0.6) is 0 Å². The van der Waals surface area contributed by atoms with Gasteiger partial charge in [0.05, 0.1) is 19.6 Å². The molecular formula is C28H20O9S4. The van der Waals surface area contributed by atoms with Gasteiger partial charge in [-0.3, -0.25) is 4.55 Å². The van der Waals surface area contributed by atoms with Crippen LogP contribution in [0, 0.1) is 0 Å². The standard InChI is InChI=1S/C28H20O9S4/c29-38(30,20-12-4-1-5-13-20)25-23-18-10-11-19-24(23)26(41(35,36)37)28(40(33,34)22-16-8-3-9-17-22)27(25)39(31,32)21-14-6-2-7-15-21/h1-19H,(H,35,36,37). The predicted molar refractivity (Wildman–Crippen MR) is 149 cm³/mol. The maximum Gasteiger partial charge on any atom is 0.296 e. The van der Waals surface area contributed by atoms with Crippen LogP contribution in [0.4, 0.5) is 0 Å². The van der Waals surface area contributed by atoms with E-state index >= 15 is 0 Å². The van der Waals surface area contributed by atoms with E-state index in [-0.39, 0.29) is 4.90 Å². The van der Waals surface area contributed by atoms with E-state index in [2.05, 4.69) is 0 Å². The topological polar surface area (TPSA) is 157 Å². The van der Waals surface area contributed by atoms with Gasteiger partial charge >= 0.3 is 0 Å². The van der Waals surface area contributed by atoms with E-state index in [1.54, 1.807) is 0 Å². The SMILES string of the molecule is O=S(=O)(O)c1c(S(=O)(=O)c2ccccc2)c(S(=O)(=O)c2ccccc2)c(S(=O)(=O)c2ccccc2)c2ccccc12. The first-order valence-electron chi connectivity index (χ1n) is 11.8. The zero-order chi connectivity index (χ0) is 29.6. The predicted octanol–water partition coefficient (Wildman–Crippen LogP) is 4.58. The highest BCUT2D eigenvalue weighted by molar-refractivity contribution is 7.96. The summed E-state index contributed by atoms with van der Waals surface area (Å²) in [5.74, 6) is 0. The van der Waals surface area contributed by atoms with Crippen molar-refractivity contribution in [1.82, 2.24) is 0 Å². The fourth-order valence-electron chi connectivity index (χ4n) is 4.49. The third-order valence-electron chi connectivity index (χ3n) is 6.26. The van der Waals surface area contributed by atoms with Gasteiger partial charge in [-0.25, -0.2) is 25.3 Å². The highest BCUT2D eigenvalue weighted by atomic mass is 32.2. The third-order valence-corrected chi connectivity index (χ3v) is 13.1. The Hall–Kier alpha value is -3.88. The Balaban J connectivity index is 2.18. The van der Waals surface area contributed by atoms with Crippen LogP contribution in [0.3, 0.4) is 0 Å². The molecule has 0 amide bonds. The van der Waals surface area contributed by atoms with Crippen molar-refractivity contribution in [3.8, 4) is 0 Å². The summed E-state index contributed by atoms with van der Waals surface area (Å²) >= 11 is 0. The van der Waals surface area contributed by atoms with Gasteiger partial charge in [0.15, 0.2) is 0 Å². The molecule has 1 N–H and O–H groups in total. The highest BCUT2D eigenvalue weighted by Gasteiger charge is 2.43. The molecule has 0 radical (unpaired) electrons. The lowest BCUT2D eigenvalue weighted by Crippen LogP contribution is -2.21. The Bertz CT molecular complexity index is 2230. The monoisotopic (exact) mass is 628 g/mol. The van der Waals surface area contributed by atoms with Crippen LogP contribution in [0.15, 0.2) is 150 Å². The van der Waals surface area contributed by atoms with E-state index in [1.165, 1.54) is 78.9 Å². The van der Waals surface area contributed by atoms with Crippen molar-refractivity contribution in [2.45, 2.75) is 34.3 Å². The van der Waals surface area contributed by atoms with Crippen LogP contribution in [-0.4, -0.2) is 38.2 Å². The Morgan fingerprint density at radius 2 is 0.610 bits per heavy atom. The maximum atomic E-state index is 14.3. The summed E-state index contributed by atoms with van der Waals surface area (Å²) in [5.41, 5.74) is 0. The molecule has 0 aliphatic heterocycles. The van der Waals surface area contributed by atoms with E-state index < -0.39 is 79.8 Å². The smallest absolute Gasteiger partial charge is 0.282 e. The average molecular weight is 629 g/mol. The van der Waals surface area contributed by atoms with Crippen LogP contribution in [-0.2, 0) is 39.6 Å². The molecule has 0 aliphatic carbocycles. The fraction of sp³-hybridized carbons (Fsp3) is 0. The molecule has 0 aromatic heterocycles. The molecule has 5 aromatic carbocycles. The number of hydrogen-bond acceptors (Lipinski definition) is 8. The molecule has 0 bridgehead atoms. The molecule has 0 heterocycles. The molecule has 9 nitrogen and oxygen atoms in total. The minimum Gasteiger partial charge on any atom is -0.282 e. The van der Waals surface area contributed by atoms with Gasteiger partial charge < -0.3 is 0 Å². The second kappa shape index (κ2) is 10.2. The van der Waals surface area contributed by atoms with Gasteiger partial charge in [-0.15, -0.1) is 0 Å². The normalized spacial score (nSPS) is 12.8. The van der Waals surface area contributed by atoms with Gasteiger partial charge in [0.1, 0.15) is 14.7 Å². The van der Waals surface area contributed by atoms with Gasteiger partial charge in [0.2, 0.25) is 29.5 Å². The van der Waals surface area contributed by atoms with Gasteiger partial charge in [0, 0.05) is 10.8 Å². The van der Waals surface area contributed by atoms with Crippen LogP contribution in [0.25, 0.3) is 10.8 Å². The molecule has 13 heteroatoms. The van der Waals surface area contributed by atoms with Crippen molar-refractivity contribution >= 4 is 50.4 Å². The first kappa shape index (κ1) is 28.6. The Labute approximate surface area is 237 Å². The van der Waals surface area contributed by atoms with E-state index in [4.69, 9.17) is 0 Å². The molecule has 0 fully saturated rings. The molecular weight excluding hydrogens is 609 g/mol. The Morgan fingerprint density at radius 3 is 0.951 bits per heavy atom. The summed E-state index contributed by atoms with van der Waals surface area (Å²) < 4.78 is 122. The van der Waals surface area contributed by atoms with Crippen molar-refractivity contribution < 1.29 is 38.2 Å². The largest absolute Gasteiger partial charge is 0.296 e. The summed E-state index contributed by atoms with van der Waals surface area (Å²) in [5, 5.41) is -0.906. The number of sulfone groups is 3. The van der Waals surface area contributed by atoms with Gasteiger partial charge in [-0.1, -0.05) is 78.9 Å². The van der Waals surface area contributed by atoms with Crippen molar-refractivity contribution in [2.24, 2.45) is 0 Å². The minimum atomic E-state index is -5.48. The van der Waals surface area contributed by atoms with E-state index in [0.717, 1.165) is 36.4 Å². The molecule has 210 valence electrons. The van der Waals surface area contributed by atoms with E-state index in [0.29, 0.717) is 0 Å². The fourth-order valence-corrected chi connectivity index (χ4v) is 11.8. The lowest BCUT2D eigenvalue weighted by molar-refractivity contribution is 0.479. The van der Waals surface area contributed by atoms with Crippen molar-refractivity contribution in [1.29, 1.82) is 0 Å². The first-order chi connectivity index (χ1) is 19.3. The van der Waals surface area contributed by atoms with Crippen molar-refractivity contribution in [2.75, 3.05) is 0 Å². The minimum absolute atomic E-state index is 0.364. The van der Waals surface area contributed by atoms with E-state index in [1.807, 2.05) is 0 Å². The average Bonchev–Trinajstić information content (AvgIpc) is 2.96. The Kier molecular flexibility index (Phi) is 7.12. The maximum absolute atomic E-state index is 14.3. The molecule has 0 saturated heterocycles. The molecule has 41 heavy (non-hydrogen) atoms. The second-order valence-electron chi connectivity index (χ2n) is 8.79. The van der Waals surface area contributed by atoms with Crippen LogP contribution in [0.1, 0.15) is 0 Å². The zero-order valence-corrected chi connectivity index (χ0v) is 24.1. The number of hydrogen-bond donors (Lipinski definition) is 1. The summed E-state index contributed by atoms with van der Waals surface area (Å²) in [4.78, 5) is -6.23. The summed E-state index contributed by atoms with van der Waals surface area (Å²) in [6.07, 6.45) is 0. The summed E-state index contributed by atoms with van der Waals surface area (Å²) in [6.45, 7) is 0. The van der Waals surface area contributed by atoms with Crippen LogP contribution >= 0.6 is 0 Å². The molecule has 0 unspecified atom stereocenters. The highest BCUT2D eigenvalue weighted by Crippen LogP contribution is 2.46. The van der Waals surface area contributed by atoms with Gasteiger partial charge in [-0.2, -0.15) is 8.42 Å². The molecule has 0 atom stereocenters. The molecule has 0 spiro atoms. The summed E-state index contributed by atoms with van der Waals surface area (Å²) in [7, 11) is -20.5. The number of rotatable bonds is 7. The zero-order valence-electron chi connectivity index (χ0n) is 20.8. The molecule has 5 rings (SSSR count). The quantitative estimate of drug-likeness (QED) is 0.255. The molecule has 5 aromatic rings. The molecule has 0 aliphatic rings. The van der Waals surface area contributed by atoms with Crippen LogP contribution in [0.2, 0.25) is 0 Å². The third kappa shape index (κ3) is 4.85. The van der Waals surface area contributed by atoms with E-state index in [9.17, 15) is 38.2 Å². The molecule has 0 saturated carbocycles. The lowest BCUT2D eigenvalue weighted by Gasteiger charge is -2.21. The summed E-state index contributed by atoms with van der Waals surface area (Å²) in [6, 6.07) is 24.4. The van der Waals surface area contributed by atoms with Crippen LogP contribution < -0.4 is 0 Å². The first-order valence-corrected chi connectivity index (χ1v) is 17.6. The Morgan fingerprint density at radius 1 is 0.341 bits per heavy atom. The second-order valence-corrected chi connectivity index (χ2v) is 15.8. The van der Waals surface area contributed by atoms with Crippen molar-refractivity contribution in [3.05, 3.63) is 115 Å². The van der Waals surface area contributed by atoms with Crippen molar-refractivity contribution in [3.63, 3.8) is 0 Å². The van der Waals surface area contributed by atoms with Gasteiger partial charge in [0.25, 0.3) is 10.1 Å². The lowest BCUT2D eigenvalue weighted by atomic mass is 10.1. The number of benzene rings is 5.